The van der Waals surface area contributed by atoms with E-state index in [4.69, 9.17) is 0 Å². The third kappa shape index (κ3) is 3.24. The lowest BCUT2D eigenvalue weighted by molar-refractivity contribution is -0.130. The quantitative estimate of drug-likeness (QED) is 0.734. The molecule has 0 radical (unpaired) electrons. The summed E-state index contributed by atoms with van der Waals surface area (Å²) in [6, 6.07) is 16.4. The summed E-state index contributed by atoms with van der Waals surface area (Å²) >= 11 is 0. The number of piperidine rings is 1. The van der Waals surface area contributed by atoms with Crippen molar-refractivity contribution in [1.82, 2.24) is 15.1 Å². The lowest BCUT2D eigenvalue weighted by atomic mass is 9.67. The summed E-state index contributed by atoms with van der Waals surface area (Å²) in [4.78, 5) is 54.0. The molecule has 3 aliphatic heterocycles. The van der Waals surface area contributed by atoms with E-state index in [0.29, 0.717) is 50.0 Å². The number of likely N-dealkylation sites (tertiary alicyclic amines) is 1. The van der Waals surface area contributed by atoms with Crippen LogP contribution in [0.15, 0.2) is 54.6 Å². The fourth-order valence-electron chi connectivity index (χ4n) is 5.39. The number of carbonyl (C=O) groups is 4. The van der Waals surface area contributed by atoms with Crippen molar-refractivity contribution < 1.29 is 19.2 Å². The second-order valence-electron chi connectivity index (χ2n) is 8.82. The van der Waals surface area contributed by atoms with Crippen molar-refractivity contribution in [2.45, 2.75) is 25.2 Å². The minimum atomic E-state index is -0.697. The first-order valence-electron chi connectivity index (χ1n) is 11.1. The standard InChI is InChI=1S/C25H25N3O4/c29-21-20(17-7-2-1-3-8-17)25(24(32)26-21)11-15-27(16-12-25)13-6-14-28-22(30)18-9-4-5-10-19(18)23(28)31/h1-5,7-10,20H,6,11-16H2,(H,26,29,32)/t20-/m0/s1. The van der Waals surface area contributed by atoms with E-state index < -0.39 is 11.3 Å². The number of amides is 4. The Morgan fingerprint density at radius 3 is 2.03 bits per heavy atom. The van der Waals surface area contributed by atoms with Crippen LogP contribution in [0.1, 0.15) is 51.5 Å². The molecule has 1 N–H and O–H groups in total. The largest absolute Gasteiger partial charge is 0.303 e. The number of hydrogen-bond acceptors (Lipinski definition) is 5. The lowest BCUT2D eigenvalue weighted by Crippen LogP contribution is -2.46. The van der Waals surface area contributed by atoms with Crippen molar-refractivity contribution in [1.29, 1.82) is 0 Å². The smallest absolute Gasteiger partial charge is 0.261 e. The number of hydrogen-bond donors (Lipinski definition) is 1. The second kappa shape index (κ2) is 7.98. The molecule has 3 heterocycles. The fourth-order valence-corrected chi connectivity index (χ4v) is 5.39. The van der Waals surface area contributed by atoms with Crippen LogP contribution in [0.5, 0.6) is 0 Å². The van der Waals surface area contributed by atoms with Gasteiger partial charge in [-0.1, -0.05) is 42.5 Å². The average Bonchev–Trinajstić information content (AvgIpc) is 3.20. The fraction of sp³-hybridized carbons (Fsp3) is 0.360. The normalized spacial score (nSPS) is 22.5. The van der Waals surface area contributed by atoms with E-state index in [0.717, 1.165) is 12.1 Å². The average molecular weight is 431 g/mol. The van der Waals surface area contributed by atoms with Crippen LogP contribution >= 0.6 is 0 Å². The summed E-state index contributed by atoms with van der Waals surface area (Å²) in [5.74, 6) is -1.27. The molecule has 7 nitrogen and oxygen atoms in total. The molecule has 0 saturated carbocycles. The van der Waals surface area contributed by atoms with E-state index in [-0.39, 0.29) is 23.6 Å². The van der Waals surface area contributed by atoms with Crippen molar-refractivity contribution >= 4 is 23.6 Å². The number of rotatable bonds is 5. The molecular weight excluding hydrogens is 406 g/mol. The Morgan fingerprint density at radius 2 is 1.41 bits per heavy atom. The minimum absolute atomic E-state index is 0.165. The SMILES string of the molecule is O=C1NC(=O)C2(CCN(CCCN3C(=O)c4ccccc4C3=O)CC2)[C@H]1c1ccccc1. The molecule has 2 fully saturated rings. The van der Waals surface area contributed by atoms with E-state index in [1.54, 1.807) is 24.3 Å². The van der Waals surface area contributed by atoms with Gasteiger partial charge in [0, 0.05) is 6.54 Å². The van der Waals surface area contributed by atoms with Crippen molar-refractivity contribution in [3.63, 3.8) is 0 Å². The van der Waals surface area contributed by atoms with E-state index in [1.165, 1.54) is 4.90 Å². The van der Waals surface area contributed by atoms with Crippen molar-refractivity contribution in [3.05, 3.63) is 71.3 Å². The topological polar surface area (TPSA) is 86.8 Å². The van der Waals surface area contributed by atoms with E-state index in [2.05, 4.69) is 10.2 Å². The van der Waals surface area contributed by atoms with Gasteiger partial charge in [0.05, 0.1) is 22.5 Å². The molecule has 1 atom stereocenters. The molecule has 2 saturated heterocycles. The van der Waals surface area contributed by atoms with Gasteiger partial charge in [0.1, 0.15) is 0 Å². The van der Waals surface area contributed by atoms with Crippen LogP contribution < -0.4 is 5.32 Å². The zero-order valence-electron chi connectivity index (χ0n) is 17.8. The van der Waals surface area contributed by atoms with Gasteiger partial charge in [-0.2, -0.15) is 0 Å². The molecule has 5 rings (SSSR count). The van der Waals surface area contributed by atoms with Crippen molar-refractivity contribution in [3.8, 4) is 0 Å². The van der Waals surface area contributed by atoms with Gasteiger partial charge in [-0.15, -0.1) is 0 Å². The van der Waals surface area contributed by atoms with Crippen molar-refractivity contribution in [2.24, 2.45) is 5.41 Å². The third-order valence-corrected chi connectivity index (χ3v) is 7.12. The Bertz CT molecular complexity index is 1050. The molecule has 0 unspecified atom stereocenters. The third-order valence-electron chi connectivity index (χ3n) is 7.12. The predicted molar refractivity (Wildman–Crippen MR) is 117 cm³/mol. The van der Waals surface area contributed by atoms with E-state index in [1.807, 2.05) is 30.3 Å². The second-order valence-corrected chi connectivity index (χ2v) is 8.82. The number of carbonyl (C=O) groups excluding carboxylic acids is 4. The Labute approximate surface area is 186 Å². The number of fused-ring (bicyclic) bond motifs is 1. The number of imide groups is 2. The minimum Gasteiger partial charge on any atom is -0.303 e. The number of nitrogens with one attached hydrogen (secondary N) is 1. The molecule has 4 amide bonds. The van der Waals surface area contributed by atoms with Gasteiger partial charge in [-0.25, -0.2) is 0 Å². The highest BCUT2D eigenvalue weighted by Gasteiger charge is 2.56. The van der Waals surface area contributed by atoms with Gasteiger partial charge in [0.15, 0.2) is 0 Å². The molecule has 0 aromatic heterocycles. The van der Waals surface area contributed by atoms with Crippen LogP contribution in [0.3, 0.4) is 0 Å². The van der Waals surface area contributed by atoms with E-state index >= 15 is 0 Å². The Hall–Kier alpha value is -3.32. The van der Waals surface area contributed by atoms with Crippen LogP contribution in [-0.4, -0.2) is 59.6 Å². The maximum atomic E-state index is 12.8. The molecule has 0 aliphatic carbocycles. The number of benzene rings is 2. The summed E-state index contributed by atoms with van der Waals surface area (Å²) < 4.78 is 0. The molecule has 3 aliphatic rings. The number of nitrogens with zero attached hydrogens (tertiary/aromatic N) is 2. The van der Waals surface area contributed by atoms with Gasteiger partial charge in [-0.05, 0) is 56.6 Å². The monoisotopic (exact) mass is 431 g/mol. The zero-order valence-corrected chi connectivity index (χ0v) is 17.8. The Balaban J connectivity index is 1.19. The molecule has 1 spiro atoms. The van der Waals surface area contributed by atoms with Gasteiger partial charge in [-0.3, -0.25) is 29.4 Å². The zero-order chi connectivity index (χ0) is 22.3. The van der Waals surface area contributed by atoms with Gasteiger partial charge in [0.2, 0.25) is 11.8 Å². The van der Waals surface area contributed by atoms with Gasteiger partial charge < -0.3 is 4.90 Å². The molecule has 2 aromatic carbocycles. The summed E-state index contributed by atoms with van der Waals surface area (Å²) in [6.07, 6.45) is 1.89. The first-order chi connectivity index (χ1) is 15.5. The summed E-state index contributed by atoms with van der Waals surface area (Å²) in [7, 11) is 0. The molecular formula is C25H25N3O4. The maximum absolute atomic E-state index is 12.8. The Kier molecular flexibility index (Phi) is 5.13. The van der Waals surface area contributed by atoms with E-state index in [9.17, 15) is 19.2 Å². The molecule has 2 aromatic rings. The van der Waals surface area contributed by atoms with Gasteiger partial charge >= 0.3 is 0 Å². The van der Waals surface area contributed by atoms with Crippen LogP contribution in [0.4, 0.5) is 0 Å². The van der Waals surface area contributed by atoms with Crippen LogP contribution in [0.25, 0.3) is 0 Å². The van der Waals surface area contributed by atoms with Crippen LogP contribution in [-0.2, 0) is 9.59 Å². The molecule has 32 heavy (non-hydrogen) atoms. The highest BCUT2D eigenvalue weighted by atomic mass is 16.2. The molecule has 164 valence electrons. The first kappa shape index (κ1) is 20.6. The Morgan fingerprint density at radius 1 is 0.812 bits per heavy atom. The van der Waals surface area contributed by atoms with Crippen molar-refractivity contribution in [2.75, 3.05) is 26.2 Å². The molecule has 7 heteroatoms. The highest BCUT2D eigenvalue weighted by Crippen LogP contribution is 2.48. The highest BCUT2D eigenvalue weighted by molar-refractivity contribution is 6.21. The molecule has 0 bridgehead atoms. The summed E-state index contributed by atoms with van der Waals surface area (Å²) in [5, 5.41) is 2.56. The maximum Gasteiger partial charge on any atom is 0.261 e. The summed E-state index contributed by atoms with van der Waals surface area (Å²) in [5.41, 5.74) is 1.13. The summed E-state index contributed by atoms with van der Waals surface area (Å²) in [6.45, 7) is 2.51. The predicted octanol–water partition coefficient (Wildman–Crippen LogP) is 2.20. The lowest BCUT2D eigenvalue weighted by Gasteiger charge is -2.40. The van der Waals surface area contributed by atoms with Crippen LogP contribution in [0, 0.1) is 5.41 Å². The first-order valence-corrected chi connectivity index (χ1v) is 11.1. The van der Waals surface area contributed by atoms with Crippen LogP contribution in [0.2, 0.25) is 0 Å². The van der Waals surface area contributed by atoms with Gasteiger partial charge in [0.25, 0.3) is 11.8 Å².